The zero-order valence-electron chi connectivity index (χ0n) is 13.6. The first-order valence-electron chi connectivity index (χ1n) is 7.30. The second kappa shape index (κ2) is 7.69. The van der Waals surface area contributed by atoms with E-state index in [0.29, 0.717) is 6.42 Å². The van der Waals surface area contributed by atoms with Crippen LogP contribution in [0.25, 0.3) is 0 Å². The summed E-state index contributed by atoms with van der Waals surface area (Å²) in [5, 5.41) is 29.6. The van der Waals surface area contributed by atoms with Gasteiger partial charge in [0.15, 0.2) is 5.78 Å². The molecule has 0 unspecified atom stereocenters. The van der Waals surface area contributed by atoms with Gasteiger partial charge in [0.25, 0.3) is 0 Å². The summed E-state index contributed by atoms with van der Waals surface area (Å²) in [5.74, 6) is -1.41. The summed E-state index contributed by atoms with van der Waals surface area (Å²) >= 11 is 0. The number of ketones is 1. The van der Waals surface area contributed by atoms with Crippen LogP contribution < -0.4 is 0 Å². The van der Waals surface area contributed by atoms with Crippen LogP contribution in [0.1, 0.15) is 56.5 Å². The minimum Gasteiger partial charge on any atom is -0.507 e. The fourth-order valence-electron chi connectivity index (χ4n) is 2.20. The monoisotopic (exact) mass is 304 g/mol. The molecule has 1 aromatic carbocycles. The third kappa shape index (κ3) is 4.65. The molecule has 0 saturated heterocycles. The van der Waals surface area contributed by atoms with Crippen LogP contribution in [0.3, 0.4) is 0 Å². The Morgan fingerprint density at radius 1 is 1.05 bits per heavy atom. The lowest BCUT2D eigenvalue weighted by molar-refractivity contribution is 0.101. The molecule has 4 heteroatoms. The Bertz CT molecular complexity index is 620. The van der Waals surface area contributed by atoms with E-state index in [9.17, 15) is 20.1 Å². The molecule has 3 N–H and O–H groups in total. The summed E-state index contributed by atoms with van der Waals surface area (Å²) in [6.45, 7) is 7.35. The summed E-state index contributed by atoms with van der Waals surface area (Å²) in [6.07, 6.45) is 6.20. The van der Waals surface area contributed by atoms with Gasteiger partial charge in [-0.1, -0.05) is 23.3 Å². The molecule has 0 spiro atoms. The number of aromatic hydroxyl groups is 3. The van der Waals surface area contributed by atoms with Crippen LogP contribution >= 0.6 is 0 Å². The lowest BCUT2D eigenvalue weighted by Crippen LogP contribution is -1.97. The van der Waals surface area contributed by atoms with Crippen molar-refractivity contribution in [1.82, 2.24) is 0 Å². The van der Waals surface area contributed by atoms with Crippen LogP contribution in [0.5, 0.6) is 17.2 Å². The van der Waals surface area contributed by atoms with Crippen LogP contribution in [-0.4, -0.2) is 21.1 Å². The van der Waals surface area contributed by atoms with Gasteiger partial charge < -0.3 is 15.3 Å². The number of phenols is 3. The highest BCUT2D eigenvalue weighted by molar-refractivity contribution is 6.00. The first-order valence-corrected chi connectivity index (χ1v) is 7.30. The van der Waals surface area contributed by atoms with Gasteiger partial charge >= 0.3 is 0 Å². The normalized spacial score (nSPS) is 11.4. The van der Waals surface area contributed by atoms with Crippen LogP contribution in [0.4, 0.5) is 0 Å². The SMILES string of the molecule is CC(=O)c1c(O)cc(O)c(C/C=C(\C)CCC=C(C)C)c1O. The van der Waals surface area contributed by atoms with E-state index in [2.05, 4.69) is 19.9 Å². The number of phenolic OH excluding ortho intramolecular Hbond substituents is 3. The van der Waals surface area contributed by atoms with Gasteiger partial charge in [-0.25, -0.2) is 0 Å². The maximum atomic E-state index is 11.5. The van der Waals surface area contributed by atoms with Crippen LogP contribution in [0.2, 0.25) is 0 Å². The molecular weight excluding hydrogens is 280 g/mol. The van der Waals surface area contributed by atoms with E-state index in [1.54, 1.807) is 0 Å². The summed E-state index contributed by atoms with van der Waals surface area (Å²) in [6, 6.07) is 1.10. The first kappa shape index (κ1) is 17.8. The van der Waals surface area contributed by atoms with Crippen molar-refractivity contribution in [2.75, 3.05) is 0 Å². The van der Waals surface area contributed by atoms with Crippen molar-refractivity contribution in [3.63, 3.8) is 0 Å². The van der Waals surface area contributed by atoms with E-state index in [1.807, 2.05) is 13.0 Å². The fourth-order valence-corrected chi connectivity index (χ4v) is 2.20. The lowest BCUT2D eigenvalue weighted by Gasteiger charge is -2.11. The Kier molecular flexibility index (Phi) is 6.23. The predicted octanol–water partition coefficient (Wildman–Crippen LogP) is 4.24. The molecule has 1 rings (SSSR count). The molecule has 0 fully saturated rings. The second-order valence-electron chi connectivity index (χ2n) is 5.75. The predicted molar refractivity (Wildman–Crippen MR) is 87.6 cm³/mol. The maximum Gasteiger partial charge on any atom is 0.167 e. The molecule has 0 aliphatic heterocycles. The fraction of sp³-hybridized carbons (Fsp3) is 0.389. The van der Waals surface area contributed by atoms with Crippen LogP contribution in [-0.2, 0) is 6.42 Å². The van der Waals surface area contributed by atoms with Crippen LogP contribution in [0.15, 0.2) is 29.4 Å². The highest BCUT2D eigenvalue weighted by Gasteiger charge is 2.19. The second-order valence-corrected chi connectivity index (χ2v) is 5.75. The Labute approximate surface area is 131 Å². The van der Waals surface area contributed by atoms with Crippen molar-refractivity contribution in [3.05, 3.63) is 40.5 Å². The Morgan fingerprint density at radius 3 is 2.23 bits per heavy atom. The highest BCUT2D eigenvalue weighted by atomic mass is 16.3. The van der Waals surface area contributed by atoms with Gasteiger partial charge in [-0.15, -0.1) is 0 Å². The molecule has 4 nitrogen and oxygen atoms in total. The van der Waals surface area contributed by atoms with Crippen molar-refractivity contribution in [2.24, 2.45) is 0 Å². The summed E-state index contributed by atoms with van der Waals surface area (Å²) in [5.41, 5.74) is 2.51. The number of benzene rings is 1. The first-order chi connectivity index (χ1) is 10.2. The molecule has 0 saturated carbocycles. The van der Waals surface area contributed by atoms with E-state index in [-0.39, 0.29) is 22.6 Å². The van der Waals surface area contributed by atoms with Gasteiger partial charge in [0.05, 0.1) is 0 Å². The number of Topliss-reactive ketones (excluding diaryl/α,β-unsaturated/α-hetero) is 1. The number of carbonyl (C=O) groups is 1. The van der Waals surface area contributed by atoms with Crippen molar-refractivity contribution < 1.29 is 20.1 Å². The summed E-state index contributed by atoms with van der Waals surface area (Å²) < 4.78 is 0. The van der Waals surface area contributed by atoms with Crippen LogP contribution in [0, 0.1) is 0 Å². The molecular formula is C18H24O4. The standard InChI is InChI=1S/C18H24O4/c1-11(2)6-5-7-12(3)8-9-14-15(20)10-16(21)17(13(4)19)18(14)22/h6,8,10,20-22H,5,7,9H2,1-4H3/b12-8+. The third-order valence-corrected chi connectivity index (χ3v) is 3.46. The molecule has 22 heavy (non-hydrogen) atoms. The molecule has 0 aromatic heterocycles. The van der Waals surface area contributed by atoms with Crippen molar-refractivity contribution in [1.29, 1.82) is 0 Å². The molecule has 0 aliphatic rings. The molecule has 0 radical (unpaired) electrons. The molecule has 0 atom stereocenters. The number of carbonyl (C=O) groups excluding carboxylic acids is 1. The van der Waals surface area contributed by atoms with Crippen molar-refractivity contribution in [2.45, 2.75) is 47.0 Å². The van der Waals surface area contributed by atoms with E-state index in [1.165, 1.54) is 12.5 Å². The lowest BCUT2D eigenvalue weighted by atomic mass is 9.99. The molecule has 0 aliphatic carbocycles. The zero-order chi connectivity index (χ0) is 16.9. The highest BCUT2D eigenvalue weighted by Crippen LogP contribution is 2.38. The van der Waals surface area contributed by atoms with E-state index >= 15 is 0 Å². The zero-order valence-corrected chi connectivity index (χ0v) is 13.6. The van der Waals surface area contributed by atoms with E-state index in [4.69, 9.17) is 0 Å². The van der Waals surface area contributed by atoms with Gasteiger partial charge in [-0.3, -0.25) is 4.79 Å². The minimum absolute atomic E-state index is 0.150. The topological polar surface area (TPSA) is 77.8 Å². The molecule has 0 bridgehead atoms. The molecule has 0 heterocycles. The largest absolute Gasteiger partial charge is 0.507 e. The molecule has 120 valence electrons. The summed E-state index contributed by atoms with van der Waals surface area (Å²) in [7, 11) is 0. The Hall–Kier alpha value is -2.23. The van der Waals surface area contributed by atoms with Gasteiger partial charge in [0.1, 0.15) is 22.8 Å². The average Bonchev–Trinajstić information content (AvgIpc) is 2.36. The number of rotatable bonds is 6. The van der Waals surface area contributed by atoms with Crippen molar-refractivity contribution in [3.8, 4) is 17.2 Å². The Morgan fingerprint density at radius 2 is 1.68 bits per heavy atom. The maximum absolute atomic E-state index is 11.5. The van der Waals surface area contributed by atoms with Gasteiger partial charge in [0.2, 0.25) is 0 Å². The average molecular weight is 304 g/mol. The third-order valence-electron chi connectivity index (χ3n) is 3.46. The summed E-state index contributed by atoms with van der Waals surface area (Å²) in [4.78, 5) is 11.5. The van der Waals surface area contributed by atoms with Crippen molar-refractivity contribution >= 4 is 5.78 Å². The van der Waals surface area contributed by atoms with Gasteiger partial charge in [-0.05, 0) is 47.0 Å². The quantitative estimate of drug-likeness (QED) is 0.542. The number of hydrogen-bond donors (Lipinski definition) is 3. The van der Waals surface area contributed by atoms with Gasteiger partial charge in [0, 0.05) is 11.6 Å². The molecule has 1 aromatic rings. The molecule has 0 amide bonds. The Balaban J connectivity index is 2.96. The minimum atomic E-state index is -0.444. The smallest absolute Gasteiger partial charge is 0.167 e. The number of hydrogen-bond acceptors (Lipinski definition) is 4. The number of allylic oxidation sites excluding steroid dienone is 4. The van der Waals surface area contributed by atoms with Gasteiger partial charge in [-0.2, -0.15) is 0 Å². The van der Waals surface area contributed by atoms with E-state index in [0.717, 1.165) is 24.5 Å². The van der Waals surface area contributed by atoms with E-state index < -0.39 is 11.5 Å².